The Morgan fingerprint density at radius 3 is 3.00 bits per heavy atom. The summed E-state index contributed by atoms with van der Waals surface area (Å²) in [6.45, 7) is 0.311. The summed E-state index contributed by atoms with van der Waals surface area (Å²) in [5, 5.41) is 9.38. The fraction of sp³-hybridized carbons (Fsp3) is 0.471. The summed E-state index contributed by atoms with van der Waals surface area (Å²) < 4.78 is 19.4. The van der Waals surface area contributed by atoms with Crippen molar-refractivity contribution < 1.29 is 19.0 Å². The number of amides is 1. The van der Waals surface area contributed by atoms with Crippen molar-refractivity contribution in [1.29, 1.82) is 0 Å². The lowest BCUT2D eigenvalue weighted by Crippen LogP contribution is -2.51. The van der Waals surface area contributed by atoms with E-state index in [1.54, 1.807) is 12.1 Å². The van der Waals surface area contributed by atoms with Crippen molar-refractivity contribution in [3.63, 3.8) is 0 Å². The van der Waals surface area contributed by atoms with Crippen molar-refractivity contribution in [2.24, 2.45) is 5.73 Å². The van der Waals surface area contributed by atoms with Crippen LogP contribution in [0.4, 0.5) is 9.18 Å². The summed E-state index contributed by atoms with van der Waals surface area (Å²) in [7, 11) is 1.50. The van der Waals surface area contributed by atoms with E-state index in [4.69, 9.17) is 10.5 Å². The number of carbonyl (C=O) groups is 1. The van der Waals surface area contributed by atoms with Crippen LogP contribution >= 0.6 is 0 Å². The minimum Gasteiger partial charge on any atom is -0.481 e. The van der Waals surface area contributed by atoms with Crippen molar-refractivity contribution in [2.45, 2.75) is 37.8 Å². The van der Waals surface area contributed by atoms with Gasteiger partial charge >= 0.3 is 6.09 Å². The van der Waals surface area contributed by atoms with E-state index in [0.29, 0.717) is 48.3 Å². The van der Waals surface area contributed by atoms with Crippen LogP contribution in [0.25, 0.3) is 11.0 Å². The van der Waals surface area contributed by atoms with Gasteiger partial charge < -0.3 is 20.5 Å². The number of likely N-dealkylation sites (tertiary alicyclic amines) is 1. The highest BCUT2D eigenvalue weighted by Crippen LogP contribution is 2.25. The van der Waals surface area contributed by atoms with Crippen molar-refractivity contribution in [3.8, 4) is 5.88 Å². The maximum Gasteiger partial charge on any atom is 0.407 e. The van der Waals surface area contributed by atoms with Gasteiger partial charge in [-0.05, 0) is 31.7 Å². The average molecular weight is 348 g/mol. The number of nitrogens with zero attached hydrogens (tertiary/aromatic N) is 3. The molecule has 0 unspecified atom stereocenters. The van der Waals surface area contributed by atoms with Crippen LogP contribution in [0.1, 0.15) is 24.8 Å². The van der Waals surface area contributed by atoms with Gasteiger partial charge in [0.15, 0.2) is 0 Å². The summed E-state index contributed by atoms with van der Waals surface area (Å²) in [6.07, 6.45) is 2.51. The van der Waals surface area contributed by atoms with Gasteiger partial charge in [-0.1, -0.05) is 0 Å². The van der Waals surface area contributed by atoms with E-state index in [-0.39, 0.29) is 12.1 Å². The molecule has 1 amide bonds. The minimum absolute atomic E-state index is 0.142. The molecule has 3 heterocycles. The van der Waals surface area contributed by atoms with Crippen molar-refractivity contribution in [1.82, 2.24) is 14.9 Å². The van der Waals surface area contributed by atoms with Crippen LogP contribution in [0.15, 0.2) is 18.3 Å². The normalized spacial score (nSPS) is 20.7. The summed E-state index contributed by atoms with van der Waals surface area (Å²) >= 11 is 0. The van der Waals surface area contributed by atoms with E-state index in [9.17, 15) is 14.3 Å². The molecule has 0 aromatic carbocycles. The summed E-state index contributed by atoms with van der Waals surface area (Å²) in [6, 6.07) is 3.08. The Morgan fingerprint density at radius 1 is 1.48 bits per heavy atom. The Bertz CT molecular complexity index is 786. The van der Waals surface area contributed by atoms with Crippen molar-refractivity contribution in [3.05, 3.63) is 29.7 Å². The van der Waals surface area contributed by atoms with Gasteiger partial charge in [0.25, 0.3) is 0 Å². The summed E-state index contributed by atoms with van der Waals surface area (Å²) in [4.78, 5) is 21.2. The molecule has 134 valence electrons. The second-order valence-electron chi connectivity index (χ2n) is 6.27. The van der Waals surface area contributed by atoms with Crippen LogP contribution in [0.2, 0.25) is 0 Å². The second-order valence-corrected chi connectivity index (χ2v) is 6.27. The molecule has 7 nitrogen and oxygen atoms in total. The zero-order valence-electron chi connectivity index (χ0n) is 14.0. The molecule has 1 fully saturated rings. The van der Waals surface area contributed by atoms with Crippen molar-refractivity contribution in [2.75, 3.05) is 13.7 Å². The van der Waals surface area contributed by atoms with E-state index < -0.39 is 11.9 Å². The molecule has 3 rings (SSSR count). The molecule has 1 aliphatic rings. The molecule has 0 saturated carbocycles. The first-order valence-electron chi connectivity index (χ1n) is 8.23. The van der Waals surface area contributed by atoms with Crippen LogP contribution in [0.5, 0.6) is 5.88 Å². The predicted molar refractivity (Wildman–Crippen MR) is 90.1 cm³/mol. The van der Waals surface area contributed by atoms with Gasteiger partial charge in [0.1, 0.15) is 5.82 Å². The Balaban J connectivity index is 1.85. The lowest BCUT2D eigenvalue weighted by molar-refractivity contribution is 0.0969. The number of ether oxygens (including phenoxy) is 1. The molecule has 0 aliphatic carbocycles. The maximum absolute atomic E-state index is 14.3. The number of piperidine rings is 1. The lowest BCUT2D eigenvalue weighted by Gasteiger charge is -2.36. The number of aryl methyl sites for hydroxylation is 1. The number of methoxy groups -OCH3 is 1. The van der Waals surface area contributed by atoms with Crippen LogP contribution in [0.3, 0.4) is 0 Å². The first-order chi connectivity index (χ1) is 12.0. The molecule has 25 heavy (non-hydrogen) atoms. The number of hydrogen-bond acceptors (Lipinski definition) is 5. The van der Waals surface area contributed by atoms with Crippen LogP contribution < -0.4 is 10.5 Å². The summed E-state index contributed by atoms with van der Waals surface area (Å²) in [5.74, 6) is -0.0559. The topological polar surface area (TPSA) is 102 Å². The molecule has 0 bridgehead atoms. The van der Waals surface area contributed by atoms with Gasteiger partial charge in [0, 0.05) is 30.3 Å². The Kier molecular flexibility index (Phi) is 4.98. The zero-order valence-corrected chi connectivity index (χ0v) is 14.0. The third-order valence-electron chi connectivity index (χ3n) is 4.66. The molecule has 0 spiro atoms. The standard InChI is InChI=1S/C17H21FN4O3/c1-25-15-7-6-14-16(21-15)12(13(18)8-20-14)5-4-11-3-2-10(19)9-22(11)17(23)24/h6-8,10-11H,2-5,9,19H2,1H3,(H,23,24)/t10-,11+/m0/s1. The highest BCUT2D eigenvalue weighted by Gasteiger charge is 2.30. The quantitative estimate of drug-likeness (QED) is 0.878. The number of fused-ring (bicyclic) bond motifs is 1. The Hall–Kier alpha value is -2.48. The van der Waals surface area contributed by atoms with E-state index in [1.165, 1.54) is 18.2 Å². The van der Waals surface area contributed by atoms with E-state index >= 15 is 0 Å². The van der Waals surface area contributed by atoms with Gasteiger partial charge in [-0.3, -0.25) is 4.98 Å². The monoisotopic (exact) mass is 348 g/mol. The van der Waals surface area contributed by atoms with Crippen LogP contribution in [-0.4, -0.2) is 51.8 Å². The maximum atomic E-state index is 14.3. The third kappa shape index (κ3) is 3.63. The van der Waals surface area contributed by atoms with E-state index in [2.05, 4.69) is 9.97 Å². The fourth-order valence-electron chi connectivity index (χ4n) is 3.33. The van der Waals surface area contributed by atoms with E-state index in [1.807, 2.05) is 0 Å². The predicted octanol–water partition coefficient (Wildman–Crippen LogP) is 2.18. The van der Waals surface area contributed by atoms with Gasteiger partial charge in [-0.15, -0.1) is 0 Å². The third-order valence-corrected chi connectivity index (χ3v) is 4.66. The van der Waals surface area contributed by atoms with Gasteiger partial charge in [-0.25, -0.2) is 14.2 Å². The molecule has 8 heteroatoms. The molecule has 2 atom stereocenters. The van der Waals surface area contributed by atoms with Crippen LogP contribution in [0, 0.1) is 5.82 Å². The van der Waals surface area contributed by atoms with E-state index in [0.717, 1.165) is 6.42 Å². The number of nitrogens with two attached hydrogens (primary N) is 1. The number of aromatic nitrogens is 2. The molecule has 3 N–H and O–H groups in total. The number of hydrogen-bond donors (Lipinski definition) is 2. The SMILES string of the molecule is COc1ccc2ncc(F)c(CC[C@H]3CC[C@H](N)CN3C(=O)O)c2n1. The molecular formula is C17H21FN4O3. The molecule has 0 radical (unpaired) electrons. The first-order valence-corrected chi connectivity index (χ1v) is 8.23. The van der Waals surface area contributed by atoms with Gasteiger partial charge in [-0.2, -0.15) is 0 Å². The molecule has 1 aliphatic heterocycles. The smallest absolute Gasteiger partial charge is 0.407 e. The lowest BCUT2D eigenvalue weighted by atomic mass is 9.94. The summed E-state index contributed by atoms with van der Waals surface area (Å²) in [5.41, 5.74) is 7.33. The van der Waals surface area contributed by atoms with Gasteiger partial charge in [0.05, 0.1) is 24.3 Å². The zero-order chi connectivity index (χ0) is 18.0. The molecular weight excluding hydrogens is 327 g/mol. The number of halogens is 1. The second kappa shape index (κ2) is 7.18. The average Bonchev–Trinajstić information content (AvgIpc) is 2.61. The fourth-order valence-corrected chi connectivity index (χ4v) is 3.33. The van der Waals surface area contributed by atoms with Gasteiger partial charge in [0.2, 0.25) is 5.88 Å². The number of pyridine rings is 2. The number of carboxylic acid groups (broad SMARTS) is 1. The van der Waals surface area contributed by atoms with Crippen LogP contribution in [-0.2, 0) is 6.42 Å². The highest BCUT2D eigenvalue weighted by atomic mass is 19.1. The van der Waals surface area contributed by atoms with Crippen molar-refractivity contribution >= 4 is 17.1 Å². The molecule has 2 aromatic rings. The largest absolute Gasteiger partial charge is 0.481 e. The first kappa shape index (κ1) is 17.3. The molecule has 1 saturated heterocycles. The minimum atomic E-state index is -0.986. The Labute approximate surface area is 144 Å². The molecule has 2 aromatic heterocycles. The number of rotatable bonds is 4. The highest BCUT2D eigenvalue weighted by molar-refractivity contribution is 5.78. The Morgan fingerprint density at radius 2 is 2.28 bits per heavy atom.